The molecule has 2 rings (SSSR count). The van der Waals surface area contributed by atoms with Gasteiger partial charge in [0.05, 0.1) is 12.1 Å². The Bertz CT molecular complexity index is 540. The van der Waals surface area contributed by atoms with Crippen LogP contribution in [0.25, 0.3) is 10.9 Å². The van der Waals surface area contributed by atoms with Gasteiger partial charge in [0.1, 0.15) is 0 Å². The largest absolute Gasteiger partial charge is 0.465 e. The highest BCUT2D eigenvalue weighted by molar-refractivity contribution is 5.78. The summed E-state index contributed by atoms with van der Waals surface area (Å²) in [7, 11) is 0. The van der Waals surface area contributed by atoms with Crippen molar-refractivity contribution in [1.29, 1.82) is 0 Å². The lowest BCUT2D eigenvalue weighted by molar-refractivity contribution is 0.145. The van der Waals surface area contributed by atoms with Crippen LogP contribution in [0.2, 0.25) is 0 Å². The Labute approximate surface area is 99.5 Å². The lowest BCUT2D eigenvalue weighted by atomic mass is 10.1. The number of aromatic nitrogens is 1. The van der Waals surface area contributed by atoms with Crippen molar-refractivity contribution in [1.82, 2.24) is 9.88 Å². The second-order valence-electron chi connectivity index (χ2n) is 3.83. The molecule has 0 radical (unpaired) electrons. The SMILES string of the molecule is CCN(Cc1cnc2ccccc2c1)C(=O)O. The highest BCUT2D eigenvalue weighted by atomic mass is 16.4. The summed E-state index contributed by atoms with van der Waals surface area (Å²) in [5.74, 6) is 0. The van der Waals surface area contributed by atoms with Gasteiger partial charge in [0.15, 0.2) is 0 Å². The highest BCUT2D eigenvalue weighted by Crippen LogP contribution is 2.14. The molecular formula is C13H14N2O2. The van der Waals surface area contributed by atoms with E-state index in [4.69, 9.17) is 5.11 Å². The van der Waals surface area contributed by atoms with Crippen LogP contribution in [0.5, 0.6) is 0 Å². The molecule has 2 aromatic rings. The molecule has 0 fully saturated rings. The standard InChI is InChI=1S/C13H14N2O2/c1-2-15(13(16)17)9-10-7-11-5-3-4-6-12(11)14-8-10/h3-8H,2,9H2,1H3,(H,16,17). The second-order valence-corrected chi connectivity index (χ2v) is 3.83. The van der Waals surface area contributed by atoms with Crippen LogP contribution in [0, 0.1) is 0 Å². The molecule has 1 N–H and O–H groups in total. The zero-order chi connectivity index (χ0) is 12.3. The molecule has 4 heteroatoms. The van der Waals surface area contributed by atoms with Crippen LogP contribution in [0.15, 0.2) is 36.5 Å². The zero-order valence-electron chi connectivity index (χ0n) is 9.63. The first-order valence-electron chi connectivity index (χ1n) is 5.52. The third kappa shape index (κ3) is 2.53. The maximum atomic E-state index is 10.9. The minimum Gasteiger partial charge on any atom is -0.465 e. The molecule has 0 saturated carbocycles. The Morgan fingerprint density at radius 1 is 1.41 bits per heavy atom. The molecule has 0 aliphatic heterocycles. The monoisotopic (exact) mass is 230 g/mol. The van der Waals surface area contributed by atoms with Crippen molar-refractivity contribution in [2.75, 3.05) is 6.54 Å². The van der Waals surface area contributed by atoms with E-state index >= 15 is 0 Å². The molecule has 0 bridgehead atoms. The number of fused-ring (bicyclic) bond motifs is 1. The molecule has 1 aromatic carbocycles. The van der Waals surface area contributed by atoms with Crippen LogP contribution in [0.3, 0.4) is 0 Å². The number of carbonyl (C=O) groups is 1. The maximum Gasteiger partial charge on any atom is 0.407 e. The van der Waals surface area contributed by atoms with E-state index in [2.05, 4.69) is 4.98 Å². The summed E-state index contributed by atoms with van der Waals surface area (Å²) in [6, 6.07) is 9.78. The highest BCUT2D eigenvalue weighted by Gasteiger charge is 2.09. The molecule has 88 valence electrons. The van der Waals surface area contributed by atoms with E-state index in [0.717, 1.165) is 16.5 Å². The predicted molar refractivity (Wildman–Crippen MR) is 65.9 cm³/mol. The van der Waals surface area contributed by atoms with E-state index in [1.54, 1.807) is 6.20 Å². The van der Waals surface area contributed by atoms with Gasteiger partial charge >= 0.3 is 6.09 Å². The Morgan fingerprint density at radius 2 is 2.18 bits per heavy atom. The number of carboxylic acid groups (broad SMARTS) is 1. The Balaban J connectivity index is 2.27. The summed E-state index contributed by atoms with van der Waals surface area (Å²) in [5, 5.41) is 9.99. The van der Waals surface area contributed by atoms with Crippen molar-refractivity contribution in [3.05, 3.63) is 42.1 Å². The number of nitrogens with zero attached hydrogens (tertiary/aromatic N) is 2. The van der Waals surface area contributed by atoms with Crippen LogP contribution < -0.4 is 0 Å². The van der Waals surface area contributed by atoms with E-state index in [9.17, 15) is 4.79 Å². The van der Waals surface area contributed by atoms with Crippen LogP contribution >= 0.6 is 0 Å². The molecule has 1 aromatic heterocycles. The van der Waals surface area contributed by atoms with Crippen molar-refractivity contribution in [3.63, 3.8) is 0 Å². The number of pyridine rings is 1. The normalized spacial score (nSPS) is 10.4. The summed E-state index contributed by atoms with van der Waals surface area (Å²) in [5.41, 5.74) is 1.84. The van der Waals surface area contributed by atoms with Crippen molar-refractivity contribution in [2.24, 2.45) is 0 Å². The number of hydrogen-bond donors (Lipinski definition) is 1. The van der Waals surface area contributed by atoms with Gasteiger partial charge in [-0.25, -0.2) is 4.79 Å². The van der Waals surface area contributed by atoms with Crippen LogP contribution in [-0.4, -0.2) is 27.6 Å². The van der Waals surface area contributed by atoms with Gasteiger partial charge in [-0.3, -0.25) is 4.98 Å². The summed E-state index contributed by atoms with van der Waals surface area (Å²) in [4.78, 5) is 16.6. The van der Waals surface area contributed by atoms with Crippen molar-refractivity contribution in [2.45, 2.75) is 13.5 Å². The summed E-state index contributed by atoms with van der Waals surface area (Å²) in [6.45, 7) is 2.68. The maximum absolute atomic E-state index is 10.9. The molecule has 1 heterocycles. The van der Waals surface area contributed by atoms with Crippen molar-refractivity contribution >= 4 is 17.0 Å². The van der Waals surface area contributed by atoms with E-state index in [-0.39, 0.29) is 0 Å². The average molecular weight is 230 g/mol. The summed E-state index contributed by atoms with van der Waals surface area (Å²) in [6.07, 6.45) is 0.828. The minimum atomic E-state index is -0.902. The van der Waals surface area contributed by atoms with E-state index in [1.807, 2.05) is 37.3 Å². The van der Waals surface area contributed by atoms with Gasteiger partial charge in [-0.2, -0.15) is 0 Å². The quantitative estimate of drug-likeness (QED) is 0.882. The first kappa shape index (κ1) is 11.4. The molecule has 0 aliphatic carbocycles. The Kier molecular flexibility index (Phi) is 3.23. The van der Waals surface area contributed by atoms with Gasteiger partial charge in [-0.05, 0) is 24.6 Å². The third-order valence-electron chi connectivity index (χ3n) is 2.67. The van der Waals surface area contributed by atoms with Gasteiger partial charge in [0, 0.05) is 18.1 Å². The van der Waals surface area contributed by atoms with Gasteiger partial charge in [-0.15, -0.1) is 0 Å². The van der Waals surface area contributed by atoms with E-state index in [0.29, 0.717) is 13.1 Å². The Morgan fingerprint density at radius 3 is 2.88 bits per heavy atom. The predicted octanol–water partition coefficient (Wildman–Crippen LogP) is 2.73. The number of para-hydroxylation sites is 1. The summed E-state index contributed by atoms with van der Waals surface area (Å²) < 4.78 is 0. The molecule has 0 spiro atoms. The summed E-state index contributed by atoms with van der Waals surface area (Å²) >= 11 is 0. The smallest absolute Gasteiger partial charge is 0.407 e. The average Bonchev–Trinajstić information content (AvgIpc) is 2.35. The van der Waals surface area contributed by atoms with E-state index in [1.165, 1.54) is 4.90 Å². The number of rotatable bonds is 3. The minimum absolute atomic E-state index is 0.379. The van der Waals surface area contributed by atoms with Gasteiger partial charge < -0.3 is 10.0 Å². The van der Waals surface area contributed by atoms with Gasteiger partial charge in [0.25, 0.3) is 0 Å². The zero-order valence-corrected chi connectivity index (χ0v) is 9.63. The molecule has 0 aliphatic rings. The van der Waals surface area contributed by atoms with Gasteiger partial charge in [-0.1, -0.05) is 18.2 Å². The fraction of sp³-hybridized carbons (Fsp3) is 0.231. The molecule has 0 atom stereocenters. The molecule has 0 unspecified atom stereocenters. The van der Waals surface area contributed by atoms with Crippen LogP contribution in [-0.2, 0) is 6.54 Å². The van der Waals surface area contributed by atoms with Gasteiger partial charge in [0.2, 0.25) is 0 Å². The number of benzene rings is 1. The van der Waals surface area contributed by atoms with Crippen molar-refractivity contribution < 1.29 is 9.90 Å². The fourth-order valence-electron chi connectivity index (χ4n) is 1.74. The molecule has 17 heavy (non-hydrogen) atoms. The number of hydrogen-bond acceptors (Lipinski definition) is 2. The van der Waals surface area contributed by atoms with E-state index < -0.39 is 6.09 Å². The lowest BCUT2D eigenvalue weighted by Crippen LogP contribution is -2.28. The Hall–Kier alpha value is -2.10. The first-order valence-corrected chi connectivity index (χ1v) is 5.52. The first-order chi connectivity index (χ1) is 8.20. The van der Waals surface area contributed by atoms with Crippen molar-refractivity contribution in [3.8, 4) is 0 Å². The second kappa shape index (κ2) is 4.82. The number of amides is 1. The van der Waals surface area contributed by atoms with Crippen LogP contribution in [0.4, 0.5) is 4.79 Å². The topological polar surface area (TPSA) is 53.4 Å². The fourth-order valence-corrected chi connectivity index (χ4v) is 1.74. The molecule has 0 saturated heterocycles. The molecular weight excluding hydrogens is 216 g/mol. The lowest BCUT2D eigenvalue weighted by Gasteiger charge is -2.16. The molecule has 1 amide bonds. The molecule has 4 nitrogen and oxygen atoms in total. The van der Waals surface area contributed by atoms with Crippen LogP contribution in [0.1, 0.15) is 12.5 Å². The third-order valence-corrected chi connectivity index (χ3v) is 2.67.